The molecule has 0 aromatic heterocycles. The molecule has 1 aliphatic rings. The monoisotopic (exact) mass is 287 g/mol. The summed E-state index contributed by atoms with van der Waals surface area (Å²) < 4.78 is 24.7. The van der Waals surface area contributed by atoms with Gasteiger partial charge in [-0.05, 0) is 36.2 Å². The Morgan fingerprint density at radius 3 is 2.81 bits per heavy atom. The molecule has 2 aromatic rings. The van der Waals surface area contributed by atoms with Crippen molar-refractivity contribution in [1.29, 1.82) is 0 Å². The fourth-order valence-electron chi connectivity index (χ4n) is 2.36. The van der Waals surface area contributed by atoms with Crippen LogP contribution in [0, 0.1) is 12.7 Å². The lowest BCUT2D eigenvalue weighted by Crippen LogP contribution is -2.38. The maximum absolute atomic E-state index is 13.2. The molecule has 110 valence electrons. The van der Waals surface area contributed by atoms with Gasteiger partial charge in [0.2, 0.25) is 0 Å². The topological polar surface area (TPSA) is 30.5 Å². The van der Waals surface area contributed by atoms with E-state index in [1.807, 2.05) is 30.3 Å². The van der Waals surface area contributed by atoms with E-state index < -0.39 is 0 Å². The molecule has 0 aliphatic carbocycles. The summed E-state index contributed by atoms with van der Waals surface area (Å²) in [6, 6.07) is 12.8. The Balaban J connectivity index is 1.51. The van der Waals surface area contributed by atoms with Gasteiger partial charge in [0.25, 0.3) is 0 Å². The van der Waals surface area contributed by atoms with Crippen molar-refractivity contribution in [3.05, 3.63) is 59.4 Å². The molecule has 0 amide bonds. The van der Waals surface area contributed by atoms with E-state index in [-0.39, 0.29) is 11.9 Å². The average molecular weight is 287 g/mol. The number of nitrogens with one attached hydrogen (secondary N) is 1. The Labute approximate surface area is 123 Å². The van der Waals surface area contributed by atoms with Gasteiger partial charge in [0, 0.05) is 13.1 Å². The second kappa shape index (κ2) is 6.14. The van der Waals surface area contributed by atoms with Gasteiger partial charge in [-0.1, -0.05) is 24.3 Å². The first-order chi connectivity index (χ1) is 10.2. The SMILES string of the molecule is Cc1cc(CNCC2COc3ccccc3O2)ccc1F. The summed E-state index contributed by atoms with van der Waals surface area (Å²) in [6.45, 7) is 3.67. The summed E-state index contributed by atoms with van der Waals surface area (Å²) in [5, 5.41) is 3.32. The number of fused-ring (bicyclic) bond motifs is 1. The van der Waals surface area contributed by atoms with E-state index >= 15 is 0 Å². The minimum atomic E-state index is -0.167. The van der Waals surface area contributed by atoms with Crippen molar-refractivity contribution < 1.29 is 13.9 Å². The van der Waals surface area contributed by atoms with Gasteiger partial charge >= 0.3 is 0 Å². The lowest BCUT2D eigenvalue weighted by Gasteiger charge is -2.26. The predicted octanol–water partition coefficient (Wildman–Crippen LogP) is 3.06. The largest absolute Gasteiger partial charge is 0.486 e. The normalized spacial score (nSPS) is 16.8. The summed E-state index contributed by atoms with van der Waals surface area (Å²) in [5.41, 5.74) is 1.73. The van der Waals surface area contributed by atoms with Crippen LogP contribution in [0.3, 0.4) is 0 Å². The van der Waals surface area contributed by atoms with Gasteiger partial charge in [0.1, 0.15) is 18.5 Å². The molecule has 0 fully saturated rings. The zero-order chi connectivity index (χ0) is 14.7. The van der Waals surface area contributed by atoms with Crippen LogP contribution in [0.1, 0.15) is 11.1 Å². The van der Waals surface area contributed by atoms with Crippen molar-refractivity contribution in [2.24, 2.45) is 0 Å². The number of rotatable bonds is 4. The molecule has 1 heterocycles. The summed E-state index contributed by atoms with van der Waals surface area (Å²) >= 11 is 0. The van der Waals surface area contributed by atoms with Gasteiger partial charge in [-0.25, -0.2) is 4.39 Å². The highest BCUT2D eigenvalue weighted by molar-refractivity contribution is 5.40. The van der Waals surface area contributed by atoms with Gasteiger partial charge in [0.15, 0.2) is 11.5 Å². The van der Waals surface area contributed by atoms with Gasteiger partial charge in [0.05, 0.1) is 0 Å². The standard InChI is InChI=1S/C17H18FNO2/c1-12-8-13(6-7-15(12)18)9-19-10-14-11-20-16-4-2-3-5-17(16)21-14/h2-8,14,19H,9-11H2,1H3. The molecule has 3 nitrogen and oxygen atoms in total. The molecule has 1 aliphatic heterocycles. The zero-order valence-electron chi connectivity index (χ0n) is 11.9. The molecule has 2 aromatic carbocycles. The van der Waals surface area contributed by atoms with Crippen LogP contribution in [0.4, 0.5) is 4.39 Å². The van der Waals surface area contributed by atoms with Gasteiger partial charge in [-0.3, -0.25) is 0 Å². The quantitative estimate of drug-likeness (QED) is 0.937. The molecule has 0 saturated heterocycles. The molecule has 1 unspecified atom stereocenters. The van der Waals surface area contributed by atoms with E-state index in [2.05, 4.69) is 5.32 Å². The van der Waals surface area contributed by atoms with Crippen molar-refractivity contribution in [2.45, 2.75) is 19.6 Å². The molecule has 1 atom stereocenters. The third-order valence-corrected chi connectivity index (χ3v) is 3.49. The van der Waals surface area contributed by atoms with E-state index in [0.717, 1.165) is 17.1 Å². The first-order valence-corrected chi connectivity index (χ1v) is 7.06. The number of benzene rings is 2. The summed E-state index contributed by atoms with van der Waals surface area (Å²) in [6.07, 6.45) is -0.0126. The molecule has 0 radical (unpaired) electrons. The molecule has 0 bridgehead atoms. The van der Waals surface area contributed by atoms with Crippen molar-refractivity contribution in [3.63, 3.8) is 0 Å². The molecule has 3 rings (SSSR count). The van der Waals surface area contributed by atoms with Crippen LogP contribution in [0.25, 0.3) is 0 Å². The predicted molar refractivity (Wildman–Crippen MR) is 79.2 cm³/mol. The maximum Gasteiger partial charge on any atom is 0.161 e. The highest BCUT2D eigenvalue weighted by atomic mass is 19.1. The van der Waals surface area contributed by atoms with Gasteiger partial charge in [-0.15, -0.1) is 0 Å². The third kappa shape index (κ3) is 3.34. The molecule has 1 N–H and O–H groups in total. The van der Waals surface area contributed by atoms with E-state index in [0.29, 0.717) is 25.3 Å². The summed E-state index contributed by atoms with van der Waals surface area (Å²) in [5.74, 6) is 1.41. The van der Waals surface area contributed by atoms with E-state index in [1.54, 1.807) is 13.0 Å². The van der Waals surface area contributed by atoms with Crippen LogP contribution < -0.4 is 14.8 Å². The van der Waals surface area contributed by atoms with Crippen molar-refractivity contribution in [2.75, 3.05) is 13.2 Å². The Bertz CT molecular complexity index is 630. The third-order valence-electron chi connectivity index (χ3n) is 3.49. The fourth-order valence-corrected chi connectivity index (χ4v) is 2.36. The average Bonchev–Trinajstić information content (AvgIpc) is 2.51. The molecule has 0 saturated carbocycles. The first kappa shape index (κ1) is 13.9. The molecule has 21 heavy (non-hydrogen) atoms. The molecule has 4 heteroatoms. The first-order valence-electron chi connectivity index (χ1n) is 7.06. The summed E-state index contributed by atoms with van der Waals surface area (Å²) in [4.78, 5) is 0. The lowest BCUT2D eigenvalue weighted by atomic mass is 10.1. The van der Waals surface area contributed by atoms with Crippen molar-refractivity contribution in [1.82, 2.24) is 5.32 Å². The highest BCUT2D eigenvalue weighted by Gasteiger charge is 2.19. The number of hydrogen-bond donors (Lipinski definition) is 1. The number of halogens is 1. The number of hydrogen-bond acceptors (Lipinski definition) is 3. The zero-order valence-corrected chi connectivity index (χ0v) is 11.9. The van der Waals surface area contributed by atoms with Gasteiger partial charge < -0.3 is 14.8 Å². The summed E-state index contributed by atoms with van der Waals surface area (Å²) in [7, 11) is 0. The van der Waals surface area contributed by atoms with Crippen LogP contribution in [-0.4, -0.2) is 19.3 Å². The van der Waals surface area contributed by atoms with Crippen LogP contribution >= 0.6 is 0 Å². The minimum absolute atomic E-state index is 0.0126. The van der Waals surface area contributed by atoms with E-state index in [9.17, 15) is 4.39 Å². The Kier molecular flexibility index (Phi) is 4.06. The Hall–Kier alpha value is -2.07. The van der Waals surface area contributed by atoms with Crippen LogP contribution in [0.15, 0.2) is 42.5 Å². The fraction of sp³-hybridized carbons (Fsp3) is 0.294. The smallest absolute Gasteiger partial charge is 0.161 e. The maximum atomic E-state index is 13.2. The van der Waals surface area contributed by atoms with Crippen molar-refractivity contribution >= 4 is 0 Å². The van der Waals surface area contributed by atoms with Gasteiger partial charge in [-0.2, -0.15) is 0 Å². The van der Waals surface area contributed by atoms with Crippen molar-refractivity contribution in [3.8, 4) is 11.5 Å². The number of para-hydroxylation sites is 2. The second-order valence-electron chi connectivity index (χ2n) is 5.21. The highest BCUT2D eigenvalue weighted by Crippen LogP contribution is 2.30. The Morgan fingerprint density at radius 1 is 1.19 bits per heavy atom. The van der Waals surface area contributed by atoms with E-state index in [1.165, 1.54) is 6.07 Å². The lowest BCUT2D eigenvalue weighted by molar-refractivity contribution is 0.0902. The number of ether oxygens (including phenoxy) is 2. The van der Waals surface area contributed by atoms with Crippen LogP contribution in [-0.2, 0) is 6.54 Å². The molecule has 0 spiro atoms. The minimum Gasteiger partial charge on any atom is -0.486 e. The Morgan fingerprint density at radius 2 is 2.00 bits per heavy atom. The van der Waals surface area contributed by atoms with Crippen LogP contribution in [0.2, 0.25) is 0 Å². The second-order valence-corrected chi connectivity index (χ2v) is 5.21. The molecular formula is C17H18FNO2. The van der Waals surface area contributed by atoms with Crippen LogP contribution in [0.5, 0.6) is 11.5 Å². The van der Waals surface area contributed by atoms with E-state index in [4.69, 9.17) is 9.47 Å². The molecular weight excluding hydrogens is 269 g/mol. The number of aryl methyl sites for hydroxylation is 1.